The van der Waals surface area contributed by atoms with Crippen LogP contribution in [-0.4, -0.2) is 17.9 Å². The molecule has 4 heteroatoms. The van der Waals surface area contributed by atoms with Crippen molar-refractivity contribution in [2.75, 3.05) is 0 Å². The van der Waals surface area contributed by atoms with Crippen molar-refractivity contribution in [2.24, 2.45) is 0 Å². The number of Topliss-reactive ketones (excluding diaryl/α,β-unsaturated/α-hetero) is 1. The van der Waals surface area contributed by atoms with E-state index in [1.54, 1.807) is 13.2 Å². The van der Waals surface area contributed by atoms with Crippen LogP contribution in [0, 0.1) is 0 Å². The second-order valence-electron chi connectivity index (χ2n) is 7.93. The summed E-state index contributed by atoms with van der Waals surface area (Å²) in [6, 6.07) is 17.7. The zero-order chi connectivity index (χ0) is 20.7. The maximum absolute atomic E-state index is 12.8. The van der Waals surface area contributed by atoms with Gasteiger partial charge in [0.2, 0.25) is 5.78 Å². The van der Waals surface area contributed by atoms with Gasteiger partial charge in [0.05, 0.1) is 12.7 Å². The molecule has 5 rings (SSSR count). The van der Waals surface area contributed by atoms with Crippen LogP contribution in [0.4, 0.5) is 0 Å². The number of carbonyl (C=O) groups excluding carboxylic acids is 2. The highest BCUT2D eigenvalue weighted by Gasteiger charge is 2.22. The zero-order valence-corrected chi connectivity index (χ0v) is 16.8. The van der Waals surface area contributed by atoms with Gasteiger partial charge < -0.3 is 9.15 Å². The van der Waals surface area contributed by atoms with Crippen LogP contribution in [0.15, 0.2) is 65.3 Å². The molecule has 0 fully saturated rings. The highest BCUT2D eigenvalue weighted by Crippen LogP contribution is 2.30. The first kappa shape index (κ1) is 18.6. The van der Waals surface area contributed by atoms with E-state index in [1.807, 2.05) is 54.6 Å². The maximum atomic E-state index is 12.8. The molecule has 150 valence electrons. The number of carbonyl (C=O) groups is 2. The fourth-order valence-electron chi connectivity index (χ4n) is 4.41. The van der Waals surface area contributed by atoms with Crippen molar-refractivity contribution in [1.82, 2.24) is 0 Å². The van der Waals surface area contributed by atoms with Gasteiger partial charge in [-0.05, 0) is 60.2 Å². The molecule has 0 aliphatic heterocycles. The molecule has 0 amide bonds. The average Bonchev–Trinajstić information content (AvgIpc) is 3.39. The average molecular weight is 398 g/mol. The fraction of sp³-hybridized carbons (Fsp3) is 0.231. The van der Waals surface area contributed by atoms with Crippen molar-refractivity contribution < 1.29 is 18.7 Å². The summed E-state index contributed by atoms with van der Waals surface area (Å²) in [4.78, 5) is 25.4. The quantitative estimate of drug-likeness (QED) is 0.332. The van der Waals surface area contributed by atoms with Gasteiger partial charge in [0.15, 0.2) is 6.10 Å². The van der Waals surface area contributed by atoms with Crippen molar-refractivity contribution >= 4 is 33.5 Å². The van der Waals surface area contributed by atoms with Gasteiger partial charge in [-0.1, -0.05) is 42.5 Å². The van der Waals surface area contributed by atoms with Gasteiger partial charge in [0.25, 0.3) is 0 Å². The van der Waals surface area contributed by atoms with E-state index in [0.29, 0.717) is 5.56 Å². The van der Waals surface area contributed by atoms with Crippen LogP contribution in [0.2, 0.25) is 0 Å². The molecule has 1 heterocycles. The minimum absolute atomic E-state index is 0.0583. The van der Waals surface area contributed by atoms with Crippen molar-refractivity contribution in [1.29, 1.82) is 0 Å². The molecule has 1 aromatic heterocycles. The summed E-state index contributed by atoms with van der Waals surface area (Å²) < 4.78 is 11.1. The van der Waals surface area contributed by atoms with Crippen LogP contribution in [-0.2, 0) is 28.8 Å². The number of esters is 1. The number of hydrogen-bond acceptors (Lipinski definition) is 4. The molecule has 0 N–H and O–H groups in total. The van der Waals surface area contributed by atoms with Crippen molar-refractivity contribution in [2.45, 2.75) is 38.7 Å². The molecule has 4 nitrogen and oxygen atoms in total. The van der Waals surface area contributed by atoms with Gasteiger partial charge in [-0.25, -0.2) is 0 Å². The smallest absolute Gasteiger partial charge is 0.311 e. The number of furan rings is 1. The van der Waals surface area contributed by atoms with Crippen molar-refractivity contribution in [3.05, 3.63) is 83.1 Å². The van der Waals surface area contributed by atoms with E-state index in [9.17, 15) is 9.59 Å². The van der Waals surface area contributed by atoms with Crippen LogP contribution < -0.4 is 0 Å². The Balaban J connectivity index is 1.33. The number of ether oxygens (including phenoxy) is 1. The molecule has 30 heavy (non-hydrogen) atoms. The lowest BCUT2D eigenvalue weighted by Gasteiger charge is -2.13. The SMILES string of the molecule is C[C@@H](OC(=O)Cc1coc2ccc3ccccc3c12)C(=O)c1ccc2c(c1)CCC2. The first-order chi connectivity index (χ1) is 14.6. The fourth-order valence-corrected chi connectivity index (χ4v) is 4.41. The third-order valence-corrected chi connectivity index (χ3v) is 5.94. The first-order valence-electron chi connectivity index (χ1n) is 10.3. The summed E-state index contributed by atoms with van der Waals surface area (Å²) >= 11 is 0. The van der Waals surface area contributed by atoms with Crippen LogP contribution in [0.5, 0.6) is 0 Å². The van der Waals surface area contributed by atoms with Crippen LogP contribution in [0.3, 0.4) is 0 Å². The Hall–Kier alpha value is -3.40. The van der Waals surface area contributed by atoms with Crippen molar-refractivity contribution in [3.8, 4) is 0 Å². The number of rotatable bonds is 5. The molecule has 1 atom stereocenters. The molecule has 0 unspecified atom stereocenters. The predicted molar refractivity (Wildman–Crippen MR) is 116 cm³/mol. The Morgan fingerprint density at radius 1 is 1.03 bits per heavy atom. The number of ketones is 1. The van der Waals surface area contributed by atoms with Crippen molar-refractivity contribution in [3.63, 3.8) is 0 Å². The van der Waals surface area contributed by atoms with Gasteiger partial charge in [0, 0.05) is 16.5 Å². The van der Waals surface area contributed by atoms with Gasteiger partial charge in [-0.15, -0.1) is 0 Å². The minimum Gasteiger partial charge on any atom is -0.464 e. The van der Waals surface area contributed by atoms with E-state index in [0.717, 1.165) is 46.6 Å². The molecule has 0 saturated carbocycles. The Bertz CT molecular complexity index is 1280. The highest BCUT2D eigenvalue weighted by molar-refractivity contribution is 6.08. The Morgan fingerprint density at radius 2 is 1.87 bits per heavy atom. The standard InChI is InChI=1S/C26H22O4/c1-16(26(28)20-10-9-17-6-4-7-19(17)13-20)30-24(27)14-21-15-29-23-12-11-18-5-2-3-8-22(18)25(21)23/h2-3,5,8-13,15-16H,4,6-7,14H2,1H3/t16-/m1/s1. The van der Waals surface area contributed by atoms with E-state index in [2.05, 4.69) is 0 Å². The Morgan fingerprint density at radius 3 is 2.77 bits per heavy atom. The second kappa shape index (κ2) is 7.45. The molecule has 0 radical (unpaired) electrons. The van der Waals surface area contributed by atoms with Gasteiger partial charge in [-0.2, -0.15) is 0 Å². The second-order valence-corrected chi connectivity index (χ2v) is 7.93. The number of fused-ring (bicyclic) bond motifs is 4. The maximum Gasteiger partial charge on any atom is 0.311 e. The molecule has 1 aliphatic rings. The normalized spacial score (nSPS) is 14.0. The van der Waals surface area contributed by atoms with Gasteiger partial charge in [-0.3, -0.25) is 9.59 Å². The topological polar surface area (TPSA) is 56.5 Å². The lowest BCUT2D eigenvalue weighted by molar-refractivity contribution is -0.145. The Kier molecular flexibility index (Phi) is 4.62. The zero-order valence-electron chi connectivity index (χ0n) is 16.8. The third-order valence-electron chi connectivity index (χ3n) is 5.94. The summed E-state index contributed by atoms with van der Waals surface area (Å²) in [6.07, 6.45) is 4.04. The van der Waals surface area contributed by atoms with Gasteiger partial charge >= 0.3 is 5.97 Å². The largest absolute Gasteiger partial charge is 0.464 e. The predicted octanol–water partition coefficient (Wildman–Crippen LogP) is 5.43. The summed E-state index contributed by atoms with van der Waals surface area (Å²) in [5, 5.41) is 3.04. The summed E-state index contributed by atoms with van der Waals surface area (Å²) in [5.74, 6) is -0.604. The van der Waals surface area contributed by atoms with E-state index in [1.165, 1.54) is 11.1 Å². The minimum atomic E-state index is -0.827. The van der Waals surface area contributed by atoms with E-state index in [-0.39, 0.29) is 12.2 Å². The number of aryl methyl sites for hydroxylation is 2. The number of hydrogen-bond donors (Lipinski definition) is 0. The summed E-state index contributed by atoms with van der Waals surface area (Å²) in [6.45, 7) is 1.64. The Labute approximate surface area is 174 Å². The molecule has 1 aliphatic carbocycles. The van der Waals surface area contributed by atoms with E-state index >= 15 is 0 Å². The van der Waals surface area contributed by atoms with E-state index in [4.69, 9.17) is 9.15 Å². The first-order valence-corrected chi connectivity index (χ1v) is 10.3. The van der Waals surface area contributed by atoms with E-state index < -0.39 is 12.1 Å². The van der Waals surface area contributed by atoms with Gasteiger partial charge in [0.1, 0.15) is 5.58 Å². The molecule has 0 saturated heterocycles. The molecule has 0 bridgehead atoms. The highest BCUT2D eigenvalue weighted by atomic mass is 16.5. The number of benzene rings is 3. The molecule has 0 spiro atoms. The van der Waals surface area contributed by atoms with Crippen LogP contribution >= 0.6 is 0 Å². The van der Waals surface area contributed by atoms with Crippen LogP contribution in [0.25, 0.3) is 21.7 Å². The lowest BCUT2D eigenvalue weighted by Crippen LogP contribution is -2.25. The third kappa shape index (κ3) is 3.28. The monoisotopic (exact) mass is 398 g/mol. The summed E-state index contributed by atoms with van der Waals surface area (Å²) in [7, 11) is 0. The molecule has 4 aromatic rings. The molecule has 3 aromatic carbocycles. The molecular weight excluding hydrogens is 376 g/mol. The molecular formula is C26H22O4. The summed E-state index contributed by atoms with van der Waals surface area (Å²) in [5.41, 5.74) is 4.66. The van der Waals surface area contributed by atoms with Crippen LogP contribution in [0.1, 0.15) is 40.4 Å². The lowest BCUT2D eigenvalue weighted by atomic mass is 10.0.